The number of rotatable bonds is 1. The molecule has 1 saturated heterocycles. The van der Waals surface area contributed by atoms with Crippen LogP contribution in [0, 0.1) is 11.8 Å². The molecule has 3 fully saturated rings. The van der Waals surface area contributed by atoms with Crippen LogP contribution < -0.4 is 0 Å². The lowest BCUT2D eigenvalue weighted by Gasteiger charge is -2.23. The number of ketones is 1. The van der Waals surface area contributed by atoms with Crippen LogP contribution in [-0.4, -0.2) is 42.1 Å². The van der Waals surface area contributed by atoms with Gasteiger partial charge in [-0.05, 0) is 5.92 Å². The minimum atomic E-state index is -1.39. The van der Waals surface area contributed by atoms with Crippen LogP contribution in [0.5, 0.6) is 0 Å². The monoisotopic (exact) mass is 242 g/mol. The smallest absolute Gasteiger partial charge is 0.450 e. The fraction of sp³-hybridized carbons (Fsp3) is 0.818. The molecule has 0 aromatic carbocycles. The molecule has 1 spiro atoms. The van der Waals surface area contributed by atoms with E-state index in [-0.39, 0.29) is 17.6 Å². The molecule has 3 rings (SSSR count). The Balaban J connectivity index is 1.76. The number of hydrogen-bond acceptors (Lipinski definition) is 5. The van der Waals surface area contributed by atoms with Gasteiger partial charge in [-0.25, -0.2) is 4.79 Å². The van der Waals surface area contributed by atoms with E-state index in [2.05, 4.69) is 0 Å². The fourth-order valence-electron chi connectivity index (χ4n) is 3.35. The number of Topliss-reactive ketones (excluding diaryl/α,β-unsaturated/α-hetero) is 1. The van der Waals surface area contributed by atoms with Crippen molar-refractivity contribution in [1.82, 2.24) is 0 Å². The molecule has 6 heteroatoms. The molecule has 2 saturated carbocycles. The van der Waals surface area contributed by atoms with Crippen molar-refractivity contribution in [3.63, 3.8) is 0 Å². The summed E-state index contributed by atoms with van der Waals surface area (Å²) in [7, 11) is 0. The molecule has 1 heterocycles. The van der Waals surface area contributed by atoms with E-state index in [1.165, 1.54) is 0 Å². The average Bonchev–Trinajstić information content (AvgIpc) is 2.89. The molecule has 3 atom stereocenters. The van der Waals surface area contributed by atoms with Crippen LogP contribution in [-0.2, 0) is 19.0 Å². The van der Waals surface area contributed by atoms with Crippen molar-refractivity contribution >= 4 is 11.9 Å². The maximum Gasteiger partial charge on any atom is 0.506 e. The van der Waals surface area contributed by atoms with Crippen LogP contribution in [0.25, 0.3) is 0 Å². The van der Waals surface area contributed by atoms with Crippen molar-refractivity contribution in [2.75, 3.05) is 13.2 Å². The summed E-state index contributed by atoms with van der Waals surface area (Å²) >= 11 is 0. The topological polar surface area (TPSA) is 82.1 Å². The first-order valence-corrected chi connectivity index (χ1v) is 5.80. The highest BCUT2D eigenvalue weighted by molar-refractivity contribution is 5.87. The van der Waals surface area contributed by atoms with Crippen molar-refractivity contribution in [2.45, 2.75) is 31.2 Å². The van der Waals surface area contributed by atoms with Crippen LogP contribution in [0.2, 0.25) is 0 Å². The minimum absolute atomic E-state index is 0.0864. The van der Waals surface area contributed by atoms with Crippen molar-refractivity contribution in [3.8, 4) is 0 Å². The molecule has 1 unspecified atom stereocenters. The normalized spacial score (nSPS) is 38.6. The van der Waals surface area contributed by atoms with E-state index in [1.54, 1.807) is 0 Å². The van der Waals surface area contributed by atoms with Gasteiger partial charge in [-0.3, -0.25) is 4.79 Å². The third-order valence-electron chi connectivity index (χ3n) is 3.94. The van der Waals surface area contributed by atoms with Crippen molar-refractivity contribution in [3.05, 3.63) is 0 Å². The van der Waals surface area contributed by atoms with E-state index in [0.29, 0.717) is 32.5 Å². The molecular weight excluding hydrogens is 228 g/mol. The zero-order chi connectivity index (χ0) is 12.0. The molecule has 94 valence electrons. The second-order valence-corrected chi connectivity index (χ2v) is 4.91. The van der Waals surface area contributed by atoms with Crippen molar-refractivity contribution < 1.29 is 28.9 Å². The predicted octanol–water partition coefficient (Wildman–Crippen LogP) is 0.792. The summed E-state index contributed by atoms with van der Waals surface area (Å²) in [6.07, 6.45) is -0.621. The Labute approximate surface area is 97.8 Å². The van der Waals surface area contributed by atoms with Gasteiger partial charge in [0.1, 0.15) is 0 Å². The molecular formula is C11H14O6. The molecule has 3 aliphatic rings. The van der Waals surface area contributed by atoms with E-state index < -0.39 is 18.0 Å². The molecule has 6 nitrogen and oxygen atoms in total. The van der Waals surface area contributed by atoms with Gasteiger partial charge < -0.3 is 19.3 Å². The molecule has 1 aliphatic heterocycles. The highest BCUT2D eigenvalue weighted by Crippen LogP contribution is 2.51. The Kier molecular flexibility index (Phi) is 2.38. The van der Waals surface area contributed by atoms with Gasteiger partial charge in [0.2, 0.25) is 0 Å². The fourth-order valence-corrected chi connectivity index (χ4v) is 3.35. The SMILES string of the molecule is O=C(O)OC1C(=O)C[C@H]2CC3(C[C@@H]12)OCCO3. The average molecular weight is 242 g/mol. The summed E-state index contributed by atoms with van der Waals surface area (Å²) in [4.78, 5) is 22.2. The van der Waals surface area contributed by atoms with Gasteiger partial charge in [0.25, 0.3) is 0 Å². The summed E-state index contributed by atoms with van der Waals surface area (Å²) < 4.78 is 15.9. The number of hydrogen-bond donors (Lipinski definition) is 1. The largest absolute Gasteiger partial charge is 0.506 e. The number of carboxylic acid groups (broad SMARTS) is 1. The lowest BCUT2D eigenvalue weighted by atomic mass is 9.99. The zero-order valence-corrected chi connectivity index (χ0v) is 9.26. The minimum Gasteiger partial charge on any atom is -0.450 e. The standard InChI is InChI=1S/C11H14O6/c12-8-3-6-4-11(15-1-2-16-11)5-7(6)9(8)17-10(13)14/h6-7,9H,1-5H2,(H,13,14)/t6-,7+,9?/m0/s1. The first kappa shape index (κ1) is 11.0. The molecule has 0 radical (unpaired) electrons. The summed E-state index contributed by atoms with van der Waals surface area (Å²) in [6.45, 7) is 1.13. The van der Waals surface area contributed by atoms with Gasteiger partial charge in [0.05, 0.1) is 13.2 Å². The molecule has 2 aliphatic carbocycles. The Morgan fingerprint density at radius 1 is 1.35 bits per heavy atom. The summed E-state index contributed by atoms with van der Waals surface area (Å²) in [5.41, 5.74) is 0. The quantitative estimate of drug-likeness (QED) is 0.684. The van der Waals surface area contributed by atoms with Crippen LogP contribution in [0.3, 0.4) is 0 Å². The van der Waals surface area contributed by atoms with E-state index >= 15 is 0 Å². The number of carbonyl (C=O) groups excluding carboxylic acids is 1. The number of carbonyl (C=O) groups is 2. The van der Waals surface area contributed by atoms with Crippen LogP contribution >= 0.6 is 0 Å². The Morgan fingerprint density at radius 2 is 2.06 bits per heavy atom. The van der Waals surface area contributed by atoms with E-state index in [4.69, 9.17) is 19.3 Å². The van der Waals surface area contributed by atoms with Gasteiger partial charge in [-0.2, -0.15) is 0 Å². The summed E-state index contributed by atoms with van der Waals surface area (Å²) in [6, 6.07) is 0. The Morgan fingerprint density at radius 3 is 2.71 bits per heavy atom. The van der Waals surface area contributed by atoms with Gasteiger partial charge >= 0.3 is 6.16 Å². The van der Waals surface area contributed by atoms with Crippen LogP contribution in [0.4, 0.5) is 4.79 Å². The third kappa shape index (κ3) is 1.71. The number of ether oxygens (including phenoxy) is 3. The second kappa shape index (κ2) is 3.68. The van der Waals surface area contributed by atoms with Crippen molar-refractivity contribution in [1.29, 1.82) is 0 Å². The molecule has 1 N–H and O–H groups in total. The summed E-state index contributed by atoms with van der Waals surface area (Å²) in [5, 5.41) is 8.63. The first-order valence-electron chi connectivity index (χ1n) is 5.80. The first-order chi connectivity index (χ1) is 8.10. The van der Waals surface area contributed by atoms with Crippen LogP contribution in [0.15, 0.2) is 0 Å². The lowest BCUT2D eigenvalue weighted by Crippen LogP contribution is -2.32. The highest BCUT2D eigenvalue weighted by Gasteiger charge is 2.58. The van der Waals surface area contributed by atoms with Gasteiger partial charge in [-0.15, -0.1) is 0 Å². The predicted molar refractivity (Wildman–Crippen MR) is 53.4 cm³/mol. The van der Waals surface area contributed by atoms with E-state index in [1.807, 2.05) is 0 Å². The Bertz CT molecular complexity index is 359. The van der Waals surface area contributed by atoms with E-state index in [0.717, 1.165) is 0 Å². The molecule has 0 aromatic heterocycles. The maximum absolute atomic E-state index is 11.7. The number of fused-ring (bicyclic) bond motifs is 1. The molecule has 0 amide bonds. The third-order valence-corrected chi connectivity index (χ3v) is 3.94. The lowest BCUT2D eigenvalue weighted by molar-refractivity contribution is -0.159. The van der Waals surface area contributed by atoms with Gasteiger partial charge in [0.15, 0.2) is 17.7 Å². The Hall–Kier alpha value is -1.14. The highest BCUT2D eigenvalue weighted by atomic mass is 16.7. The molecule has 17 heavy (non-hydrogen) atoms. The zero-order valence-electron chi connectivity index (χ0n) is 9.26. The maximum atomic E-state index is 11.7. The molecule has 0 aromatic rings. The van der Waals surface area contributed by atoms with Gasteiger partial charge in [-0.1, -0.05) is 0 Å². The van der Waals surface area contributed by atoms with E-state index in [9.17, 15) is 9.59 Å². The second-order valence-electron chi connectivity index (χ2n) is 4.91. The molecule has 0 bridgehead atoms. The van der Waals surface area contributed by atoms with Crippen molar-refractivity contribution in [2.24, 2.45) is 11.8 Å². The summed E-state index contributed by atoms with van der Waals surface area (Å²) in [5.74, 6) is -0.659. The van der Waals surface area contributed by atoms with Crippen LogP contribution in [0.1, 0.15) is 19.3 Å². The van der Waals surface area contributed by atoms with Gasteiger partial charge in [0, 0.05) is 25.2 Å².